The maximum absolute atomic E-state index is 11.8. The van der Waals surface area contributed by atoms with Crippen molar-refractivity contribution in [1.29, 1.82) is 0 Å². The SMILES string of the molecule is CCNC(C)(CCCCOCC(F)(F)F)C(N)=O. The van der Waals surface area contributed by atoms with Crippen molar-refractivity contribution in [1.82, 2.24) is 5.32 Å². The van der Waals surface area contributed by atoms with Crippen LogP contribution in [-0.4, -0.2) is 37.4 Å². The zero-order valence-corrected chi connectivity index (χ0v) is 10.8. The van der Waals surface area contributed by atoms with E-state index in [9.17, 15) is 18.0 Å². The average Bonchev–Trinajstić information content (AvgIpc) is 2.22. The molecule has 0 aromatic carbocycles. The maximum Gasteiger partial charge on any atom is 0.411 e. The third-order valence-corrected chi connectivity index (χ3v) is 2.59. The molecule has 1 atom stereocenters. The maximum atomic E-state index is 11.8. The molecule has 3 N–H and O–H groups in total. The minimum absolute atomic E-state index is 0.0283. The number of carbonyl (C=O) groups is 1. The first-order chi connectivity index (χ1) is 8.21. The lowest BCUT2D eigenvalue weighted by molar-refractivity contribution is -0.174. The monoisotopic (exact) mass is 270 g/mol. The number of nitrogens with two attached hydrogens (primary N) is 1. The van der Waals surface area contributed by atoms with Gasteiger partial charge in [-0.25, -0.2) is 0 Å². The molecule has 0 spiro atoms. The van der Waals surface area contributed by atoms with Crippen molar-refractivity contribution in [2.75, 3.05) is 19.8 Å². The summed E-state index contributed by atoms with van der Waals surface area (Å²) in [6.45, 7) is 2.95. The molecular weight excluding hydrogens is 249 g/mol. The molecule has 1 amide bonds. The van der Waals surface area contributed by atoms with Crippen LogP contribution in [0.3, 0.4) is 0 Å². The molecule has 0 aromatic rings. The van der Waals surface area contributed by atoms with Crippen molar-refractivity contribution in [2.24, 2.45) is 5.73 Å². The molecule has 1 unspecified atom stereocenters. The molecule has 0 aliphatic carbocycles. The predicted octanol–water partition coefficient (Wildman–Crippen LogP) is 1.59. The number of alkyl halides is 3. The van der Waals surface area contributed by atoms with Crippen LogP contribution in [-0.2, 0) is 9.53 Å². The Balaban J connectivity index is 3.78. The van der Waals surface area contributed by atoms with E-state index in [0.29, 0.717) is 25.8 Å². The Labute approximate surface area is 105 Å². The van der Waals surface area contributed by atoms with E-state index in [-0.39, 0.29) is 6.61 Å². The number of hydrogen-bond donors (Lipinski definition) is 2. The van der Waals surface area contributed by atoms with Crippen LogP contribution in [0, 0.1) is 0 Å². The number of carbonyl (C=O) groups excluding carboxylic acids is 1. The third kappa shape index (κ3) is 7.50. The minimum Gasteiger partial charge on any atom is -0.372 e. The van der Waals surface area contributed by atoms with Gasteiger partial charge in [-0.1, -0.05) is 6.92 Å². The number of unbranched alkanes of at least 4 members (excludes halogenated alkanes) is 1. The highest BCUT2D eigenvalue weighted by Gasteiger charge is 2.29. The summed E-state index contributed by atoms with van der Waals surface area (Å²) in [6.07, 6.45) is -2.77. The second kappa shape index (κ2) is 7.58. The summed E-state index contributed by atoms with van der Waals surface area (Å²) in [5.41, 5.74) is 4.47. The molecule has 0 aliphatic rings. The fraction of sp³-hybridized carbons (Fsp3) is 0.909. The first-order valence-corrected chi connectivity index (χ1v) is 5.90. The van der Waals surface area contributed by atoms with E-state index in [0.717, 1.165) is 0 Å². The van der Waals surface area contributed by atoms with E-state index in [1.165, 1.54) is 0 Å². The average molecular weight is 270 g/mol. The van der Waals surface area contributed by atoms with Crippen LogP contribution < -0.4 is 11.1 Å². The number of amides is 1. The van der Waals surface area contributed by atoms with Crippen LogP contribution >= 0.6 is 0 Å². The summed E-state index contributed by atoms with van der Waals surface area (Å²) in [5.74, 6) is -0.458. The van der Waals surface area contributed by atoms with Crippen LogP contribution in [0.4, 0.5) is 13.2 Å². The van der Waals surface area contributed by atoms with Gasteiger partial charge in [0.2, 0.25) is 5.91 Å². The van der Waals surface area contributed by atoms with E-state index >= 15 is 0 Å². The van der Waals surface area contributed by atoms with E-state index in [4.69, 9.17) is 5.73 Å². The predicted molar refractivity (Wildman–Crippen MR) is 62.0 cm³/mol. The number of hydrogen-bond acceptors (Lipinski definition) is 3. The Morgan fingerprint density at radius 3 is 2.39 bits per heavy atom. The van der Waals surface area contributed by atoms with Gasteiger partial charge in [-0.05, 0) is 32.7 Å². The van der Waals surface area contributed by atoms with E-state index < -0.39 is 24.2 Å². The number of likely N-dealkylation sites (N-methyl/N-ethyl adjacent to an activating group) is 1. The second-order valence-corrected chi connectivity index (χ2v) is 4.35. The molecule has 0 saturated heterocycles. The number of halogens is 3. The molecule has 0 saturated carbocycles. The Hall–Kier alpha value is -0.820. The summed E-state index contributed by atoms with van der Waals surface area (Å²) in [6, 6.07) is 0. The molecule has 0 fully saturated rings. The molecule has 108 valence electrons. The molecule has 0 aromatic heterocycles. The Kier molecular flexibility index (Phi) is 7.23. The van der Waals surface area contributed by atoms with Gasteiger partial charge in [0, 0.05) is 6.61 Å². The Morgan fingerprint density at radius 2 is 1.94 bits per heavy atom. The van der Waals surface area contributed by atoms with Gasteiger partial charge in [-0.15, -0.1) is 0 Å². The van der Waals surface area contributed by atoms with Crippen LogP contribution in [0.15, 0.2) is 0 Å². The molecule has 0 bridgehead atoms. The van der Waals surface area contributed by atoms with Crippen LogP contribution in [0.25, 0.3) is 0 Å². The van der Waals surface area contributed by atoms with Gasteiger partial charge in [-0.2, -0.15) is 13.2 Å². The highest BCUT2D eigenvalue weighted by Crippen LogP contribution is 2.16. The normalized spacial score (nSPS) is 15.4. The number of rotatable bonds is 9. The number of primary amides is 1. The third-order valence-electron chi connectivity index (χ3n) is 2.59. The lowest BCUT2D eigenvalue weighted by atomic mass is 9.94. The second-order valence-electron chi connectivity index (χ2n) is 4.35. The quantitative estimate of drug-likeness (QED) is 0.625. The van der Waals surface area contributed by atoms with Crippen molar-refractivity contribution in [2.45, 2.75) is 44.8 Å². The molecule has 0 heterocycles. The van der Waals surface area contributed by atoms with Gasteiger partial charge in [-0.3, -0.25) is 4.79 Å². The van der Waals surface area contributed by atoms with Gasteiger partial charge in [0.1, 0.15) is 6.61 Å². The van der Waals surface area contributed by atoms with E-state index in [1.807, 2.05) is 6.92 Å². The van der Waals surface area contributed by atoms with Gasteiger partial charge < -0.3 is 15.8 Å². The molecule has 18 heavy (non-hydrogen) atoms. The van der Waals surface area contributed by atoms with Gasteiger partial charge in [0.25, 0.3) is 0 Å². The van der Waals surface area contributed by atoms with Crippen molar-refractivity contribution in [3.63, 3.8) is 0 Å². The van der Waals surface area contributed by atoms with E-state index in [2.05, 4.69) is 10.1 Å². The summed E-state index contributed by atoms with van der Waals surface area (Å²) in [4.78, 5) is 11.2. The standard InChI is InChI=1S/C11H21F3N2O2/c1-3-16-10(2,9(15)17)6-4-5-7-18-8-11(12,13)14/h16H,3-8H2,1-2H3,(H2,15,17). The van der Waals surface area contributed by atoms with Gasteiger partial charge in [0.15, 0.2) is 0 Å². The van der Waals surface area contributed by atoms with Crippen molar-refractivity contribution in [3.05, 3.63) is 0 Å². The minimum atomic E-state index is -4.29. The molecule has 4 nitrogen and oxygen atoms in total. The van der Waals surface area contributed by atoms with Crippen LogP contribution in [0.5, 0.6) is 0 Å². The topological polar surface area (TPSA) is 64.3 Å². The lowest BCUT2D eigenvalue weighted by Gasteiger charge is -2.26. The number of nitrogens with one attached hydrogen (secondary N) is 1. The molecule has 0 aliphatic heterocycles. The summed E-state index contributed by atoms with van der Waals surface area (Å²) >= 11 is 0. The molecule has 0 rings (SSSR count). The van der Waals surface area contributed by atoms with Crippen molar-refractivity contribution in [3.8, 4) is 0 Å². The smallest absolute Gasteiger partial charge is 0.372 e. The molecule has 0 radical (unpaired) electrons. The lowest BCUT2D eigenvalue weighted by Crippen LogP contribution is -2.52. The first kappa shape index (κ1) is 17.2. The summed E-state index contributed by atoms with van der Waals surface area (Å²) in [7, 11) is 0. The highest BCUT2D eigenvalue weighted by atomic mass is 19.4. The largest absolute Gasteiger partial charge is 0.411 e. The van der Waals surface area contributed by atoms with E-state index in [1.54, 1.807) is 6.92 Å². The molecular formula is C11H21F3N2O2. The fourth-order valence-electron chi connectivity index (χ4n) is 1.56. The summed E-state index contributed by atoms with van der Waals surface area (Å²) < 4.78 is 39.8. The van der Waals surface area contributed by atoms with Gasteiger partial charge >= 0.3 is 6.18 Å². The van der Waals surface area contributed by atoms with Crippen LogP contribution in [0.2, 0.25) is 0 Å². The Bertz CT molecular complexity index is 259. The summed E-state index contributed by atoms with van der Waals surface area (Å²) in [5, 5.41) is 2.98. The van der Waals surface area contributed by atoms with Gasteiger partial charge in [0.05, 0.1) is 5.54 Å². The molecule has 7 heteroatoms. The first-order valence-electron chi connectivity index (χ1n) is 5.90. The highest BCUT2D eigenvalue weighted by molar-refractivity contribution is 5.84. The van der Waals surface area contributed by atoms with Crippen molar-refractivity contribution >= 4 is 5.91 Å². The van der Waals surface area contributed by atoms with Crippen LogP contribution in [0.1, 0.15) is 33.1 Å². The Morgan fingerprint density at radius 1 is 1.33 bits per heavy atom. The zero-order valence-electron chi connectivity index (χ0n) is 10.8. The fourth-order valence-corrected chi connectivity index (χ4v) is 1.56. The zero-order chi connectivity index (χ0) is 14.2. The number of ether oxygens (including phenoxy) is 1. The van der Waals surface area contributed by atoms with Crippen molar-refractivity contribution < 1.29 is 22.7 Å².